The summed E-state index contributed by atoms with van der Waals surface area (Å²) in [6.45, 7) is 0. The number of hydrogen-bond acceptors (Lipinski definition) is 2. The molecule has 0 aliphatic carbocycles. The van der Waals surface area contributed by atoms with Gasteiger partial charge in [-0.05, 0) is 44.4 Å². The Labute approximate surface area is 158 Å². The molecule has 0 unspecified atom stereocenters. The van der Waals surface area contributed by atoms with Gasteiger partial charge in [-0.1, -0.05) is 66.2 Å². The van der Waals surface area contributed by atoms with Gasteiger partial charge in [-0.15, -0.1) is 12.1 Å². The van der Waals surface area contributed by atoms with E-state index in [1.54, 1.807) is 6.20 Å². The molecule has 5 rings (SSSR count). The summed E-state index contributed by atoms with van der Waals surface area (Å²) < 4.78 is 0. The smallest absolute Gasteiger partial charge is 0.0161 e. The monoisotopic (exact) mass is 498 g/mol. The minimum Gasteiger partial charge on any atom is -0.352 e. The molecule has 3 aromatic carbocycles. The second kappa shape index (κ2) is 6.36. The van der Waals surface area contributed by atoms with Crippen LogP contribution in [0.3, 0.4) is 0 Å². The van der Waals surface area contributed by atoms with Crippen molar-refractivity contribution in [3.8, 4) is 11.1 Å². The van der Waals surface area contributed by atoms with Gasteiger partial charge >= 0.3 is 0 Å². The zero-order chi connectivity index (χ0) is 15.9. The third kappa shape index (κ3) is 2.44. The van der Waals surface area contributed by atoms with Crippen molar-refractivity contribution in [1.29, 1.82) is 0 Å². The Bertz CT molecular complexity index is 1160. The van der Waals surface area contributed by atoms with E-state index in [0.717, 1.165) is 27.2 Å². The van der Waals surface area contributed by atoms with Crippen molar-refractivity contribution in [1.82, 2.24) is 9.97 Å². The van der Waals surface area contributed by atoms with Crippen molar-refractivity contribution in [3.63, 3.8) is 0 Å². The Morgan fingerprint density at radius 1 is 0.680 bits per heavy atom. The summed E-state index contributed by atoms with van der Waals surface area (Å²) in [7, 11) is 0. The van der Waals surface area contributed by atoms with Gasteiger partial charge in [0, 0.05) is 26.3 Å². The molecule has 5 aromatic rings. The third-order valence-corrected chi connectivity index (χ3v) is 4.46. The fourth-order valence-electron chi connectivity index (χ4n) is 3.45. The fourth-order valence-corrected chi connectivity index (χ4v) is 3.45. The molecule has 0 saturated carbocycles. The van der Waals surface area contributed by atoms with E-state index in [0.29, 0.717) is 0 Å². The van der Waals surface area contributed by atoms with Crippen molar-refractivity contribution >= 4 is 32.6 Å². The second-order valence-electron chi connectivity index (χ2n) is 5.81. The first kappa shape index (κ1) is 15.9. The Balaban J connectivity index is 0.00000157. The van der Waals surface area contributed by atoms with Crippen LogP contribution < -0.4 is 0 Å². The van der Waals surface area contributed by atoms with E-state index in [1.807, 2.05) is 24.4 Å². The Morgan fingerprint density at radius 2 is 1.48 bits per heavy atom. The van der Waals surface area contributed by atoms with E-state index in [4.69, 9.17) is 0 Å². The van der Waals surface area contributed by atoms with Crippen LogP contribution in [0, 0.1) is 6.07 Å². The summed E-state index contributed by atoms with van der Waals surface area (Å²) in [6, 6.07) is 26.2. The molecular formula is C22H13IrN2-. The van der Waals surface area contributed by atoms with Crippen LogP contribution in [-0.2, 0) is 20.1 Å². The van der Waals surface area contributed by atoms with Crippen LogP contribution in [0.25, 0.3) is 43.7 Å². The molecule has 0 aliphatic heterocycles. The third-order valence-electron chi connectivity index (χ3n) is 4.46. The Kier molecular flexibility index (Phi) is 4.04. The van der Waals surface area contributed by atoms with Crippen LogP contribution in [0.5, 0.6) is 0 Å². The topological polar surface area (TPSA) is 25.8 Å². The maximum atomic E-state index is 4.67. The van der Waals surface area contributed by atoms with Gasteiger partial charge < -0.3 is 9.97 Å². The largest absolute Gasteiger partial charge is 0.352 e. The van der Waals surface area contributed by atoms with Crippen molar-refractivity contribution in [2.45, 2.75) is 0 Å². The van der Waals surface area contributed by atoms with E-state index in [-0.39, 0.29) is 20.1 Å². The summed E-state index contributed by atoms with van der Waals surface area (Å²) in [5.41, 5.74) is 4.30. The molecule has 25 heavy (non-hydrogen) atoms. The second-order valence-corrected chi connectivity index (χ2v) is 5.81. The molecule has 2 heterocycles. The van der Waals surface area contributed by atoms with Crippen molar-refractivity contribution in [3.05, 3.63) is 85.2 Å². The molecule has 3 heteroatoms. The first-order valence-electron chi connectivity index (χ1n) is 7.95. The van der Waals surface area contributed by atoms with Gasteiger partial charge in [0.05, 0.1) is 0 Å². The summed E-state index contributed by atoms with van der Waals surface area (Å²) in [5, 5.41) is 4.46. The molecule has 0 spiro atoms. The van der Waals surface area contributed by atoms with E-state index in [1.165, 1.54) is 16.5 Å². The number of rotatable bonds is 1. The molecule has 2 nitrogen and oxygen atoms in total. The zero-order valence-corrected chi connectivity index (χ0v) is 15.6. The van der Waals surface area contributed by atoms with Crippen LogP contribution in [-0.4, -0.2) is 9.97 Å². The zero-order valence-electron chi connectivity index (χ0n) is 13.2. The minimum absolute atomic E-state index is 0. The van der Waals surface area contributed by atoms with Crippen LogP contribution in [0.15, 0.2) is 79.1 Å². The van der Waals surface area contributed by atoms with Crippen molar-refractivity contribution in [2.75, 3.05) is 0 Å². The first-order valence-corrected chi connectivity index (χ1v) is 7.95. The Hall–Kier alpha value is -2.61. The minimum atomic E-state index is 0. The SMILES string of the molecule is [Ir].[c-]1ccnc2c1c1ncccc1c1cccc(-c3ccccc3)c12. The van der Waals surface area contributed by atoms with Crippen molar-refractivity contribution in [2.24, 2.45) is 0 Å². The molecule has 1 radical (unpaired) electrons. The summed E-state index contributed by atoms with van der Waals surface area (Å²) in [6.07, 6.45) is 3.63. The molecule has 0 N–H and O–H groups in total. The molecule has 0 aliphatic rings. The van der Waals surface area contributed by atoms with Crippen LogP contribution in [0.2, 0.25) is 0 Å². The number of aromatic nitrogens is 2. The van der Waals surface area contributed by atoms with Gasteiger partial charge in [-0.2, -0.15) is 0 Å². The molecule has 121 valence electrons. The number of nitrogens with zero attached hydrogens (tertiary/aromatic N) is 2. The van der Waals surface area contributed by atoms with Crippen LogP contribution >= 0.6 is 0 Å². The molecular weight excluding hydrogens is 484 g/mol. The molecule has 0 saturated heterocycles. The normalized spacial score (nSPS) is 10.9. The average Bonchev–Trinajstić information content (AvgIpc) is 2.68. The predicted octanol–water partition coefficient (Wildman–Crippen LogP) is 5.40. The van der Waals surface area contributed by atoms with Crippen LogP contribution in [0.1, 0.15) is 0 Å². The van der Waals surface area contributed by atoms with Gasteiger partial charge in [-0.3, -0.25) is 0 Å². The number of benzene rings is 3. The van der Waals surface area contributed by atoms with Gasteiger partial charge in [0.1, 0.15) is 0 Å². The fraction of sp³-hybridized carbons (Fsp3) is 0. The molecule has 0 bridgehead atoms. The number of fused-ring (bicyclic) bond motifs is 6. The van der Waals surface area contributed by atoms with E-state index in [2.05, 4.69) is 64.6 Å². The number of hydrogen-bond donors (Lipinski definition) is 0. The molecule has 0 atom stereocenters. The molecule has 0 fully saturated rings. The van der Waals surface area contributed by atoms with Gasteiger partial charge in [-0.25, -0.2) is 0 Å². The predicted molar refractivity (Wildman–Crippen MR) is 98.8 cm³/mol. The average molecular weight is 498 g/mol. The van der Waals surface area contributed by atoms with E-state index >= 15 is 0 Å². The summed E-state index contributed by atoms with van der Waals surface area (Å²) >= 11 is 0. The maximum absolute atomic E-state index is 4.67. The maximum Gasteiger partial charge on any atom is 0.0161 e. The van der Waals surface area contributed by atoms with E-state index in [9.17, 15) is 0 Å². The van der Waals surface area contributed by atoms with E-state index < -0.39 is 0 Å². The standard InChI is InChI=1S/C22H13N2.Ir/c1-2-7-15(8-3-1)16-9-4-10-17-18-11-5-13-23-21(18)19-12-6-14-24-22(19)20(16)17;/h1-11,13-14H;/q-1;. The summed E-state index contributed by atoms with van der Waals surface area (Å²) in [5.74, 6) is 0. The van der Waals surface area contributed by atoms with Gasteiger partial charge in [0.2, 0.25) is 0 Å². The van der Waals surface area contributed by atoms with Crippen LogP contribution in [0.4, 0.5) is 0 Å². The molecule has 2 aromatic heterocycles. The number of pyridine rings is 2. The Morgan fingerprint density at radius 3 is 2.36 bits per heavy atom. The van der Waals surface area contributed by atoms with Gasteiger partial charge in [0.25, 0.3) is 0 Å². The summed E-state index contributed by atoms with van der Waals surface area (Å²) in [4.78, 5) is 9.27. The van der Waals surface area contributed by atoms with Gasteiger partial charge in [0.15, 0.2) is 0 Å². The quantitative estimate of drug-likeness (QED) is 0.229. The van der Waals surface area contributed by atoms with Crippen molar-refractivity contribution < 1.29 is 20.1 Å². The molecule has 0 amide bonds. The first-order chi connectivity index (χ1) is 11.9.